The van der Waals surface area contributed by atoms with Gasteiger partial charge in [0.05, 0.1) is 37.4 Å². The number of phenols is 1. The number of aromatic nitrogens is 2. The average Bonchev–Trinajstić information content (AvgIpc) is 3.20. The number of carbonyl (C=O) groups excluding carboxylic acids is 1. The molecule has 0 atom stereocenters. The summed E-state index contributed by atoms with van der Waals surface area (Å²) >= 11 is 0. The van der Waals surface area contributed by atoms with Crippen molar-refractivity contribution in [3.8, 4) is 16.9 Å². The van der Waals surface area contributed by atoms with Crippen molar-refractivity contribution in [1.29, 1.82) is 0 Å². The second kappa shape index (κ2) is 8.03. The molecule has 0 saturated carbocycles. The first-order chi connectivity index (χ1) is 16.6. The van der Waals surface area contributed by atoms with Crippen molar-refractivity contribution in [1.82, 2.24) is 14.9 Å². The van der Waals surface area contributed by atoms with Gasteiger partial charge in [-0.15, -0.1) is 0 Å². The molecule has 1 N–H and O–H groups in total. The summed E-state index contributed by atoms with van der Waals surface area (Å²) in [7, 11) is 0. The van der Waals surface area contributed by atoms with Crippen molar-refractivity contribution in [3.05, 3.63) is 65.7 Å². The lowest BCUT2D eigenvalue weighted by Crippen LogP contribution is -2.49. The van der Waals surface area contributed by atoms with Crippen LogP contribution in [0.1, 0.15) is 15.9 Å². The number of ether oxygens (including phenoxy) is 2. The first-order valence-corrected chi connectivity index (χ1v) is 11.2. The second-order valence-corrected chi connectivity index (χ2v) is 8.90. The van der Waals surface area contributed by atoms with E-state index in [4.69, 9.17) is 9.47 Å². The number of fused-ring (bicyclic) bond motifs is 2. The summed E-state index contributed by atoms with van der Waals surface area (Å²) in [6.45, 7) is 4.04. The highest BCUT2D eigenvalue weighted by molar-refractivity contribution is 5.96. The monoisotopic (exact) mass is 462 g/mol. The molecule has 1 spiro atoms. The first kappa shape index (κ1) is 21.0. The lowest BCUT2D eigenvalue weighted by molar-refractivity contribution is -0.0507. The Labute approximate surface area is 195 Å². The minimum Gasteiger partial charge on any atom is -0.507 e. The standard InChI is InChI=1S/C25H23FN4O4/c26-19-2-1-3-21(31)22(19)17-11-27-24(28-12-17)30-13-25(14-34-15-25)18-5-4-16(10-20(18)30)23(32)29-6-8-33-9-7-29/h1-5,10-12,31H,6-9,13-15H2. The molecule has 1 aromatic heterocycles. The van der Waals surface area contributed by atoms with Gasteiger partial charge in [0.25, 0.3) is 5.91 Å². The summed E-state index contributed by atoms with van der Waals surface area (Å²) < 4.78 is 25.2. The Bertz CT molecular complexity index is 1240. The van der Waals surface area contributed by atoms with Crippen LogP contribution in [0.4, 0.5) is 16.0 Å². The van der Waals surface area contributed by atoms with Crippen LogP contribution in [0.3, 0.4) is 0 Å². The van der Waals surface area contributed by atoms with E-state index in [0.717, 1.165) is 11.3 Å². The fourth-order valence-corrected chi connectivity index (χ4v) is 4.92. The lowest BCUT2D eigenvalue weighted by atomic mass is 9.80. The molecular weight excluding hydrogens is 439 g/mol. The number of morpholine rings is 1. The molecule has 1 amide bonds. The van der Waals surface area contributed by atoms with Crippen LogP contribution in [0.2, 0.25) is 0 Å². The van der Waals surface area contributed by atoms with Crippen LogP contribution in [-0.2, 0) is 14.9 Å². The highest BCUT2D eigenvalue weighted by Gasteiger charge is 2.49. The molecule has 2 aromatic carbocycles. The van der Waals surface area contributed by atoms with Crippen molar-refractivity contribution in [3.63, 3.8) is 0 Å². The fraction of sp³-hybridized carbons (Fsp3) is 0.320. The minimum absolute atomic E-state index is 0.0249. The van der Waals surface area contributed by atoms with Crippen LogP contribution in [0, 0.1) is 5.82 Å². The third kappa shape index (κ3) is 3.31. The number of anilines is 2. The number of nitrogens with zero attached hydrogens (tertiary/aromatic N) is 4. The topological polar surface area (TPSA) is 88.0 Å². The van der Waals surface area contributed by atoms with Gasteiger partial charge in [-0.1, -0.05) is 12.1 Å². The summed E-state index contributed by atoms with van der Waals surface area (Å²) in [5.74, 6) is -0.289. The molecule has 3 aromatic rings. The summed E-state index contributed by atoms with van der Waals surface area (Å²) in [5.41, 5.74) is 2.88. The fourth-order valence-electron chi connectivity index (χ4n) is 4.92. The molecule has 0 bridgehead atoms. The summed E-state index contributed by atoms with van der Waals surface area (Å²) in [4.78, 5) is 25.9. The lowest BCUT2D eigenvalue weighted by Gasteiger charge is -2.38. The van der Waals surface area contributed by atoms with Crippen LogP contribution in [0.25, 0.3) is 11.1 Å². The molecule has 4 heterocycles. The van der Waals surface area contributed by atoms with Crippen LogP contribution >= 0.6 is 0 Å². The zero-order valence-electron chi connectivity index (χ0n) is 18.4. The number of halogens is 1. The molecule has 6 rings (SSSR count). The quantitative estimate of drug-likeness (QED) is 0.640. The number of aromatic hydroxyl groups is 1. The van der Waals surface area contributed by atoms with Crippen LogP contribution in [-0.4, -0.2) is 71.9 Å². The Balaban J connectivity index is 1.35. The van der Waals surface area contributed by atoms with Crippen molar-refractivity contribution in [2.24, 2.45) is 0 Å². The molecule has 2 saturated heterocycles. The number of carbonyl (C=O) groups is 1. The number of benzene rings is 2. The number of phenolic OH excluding ortho intramolecular Hbond substituents is 1. The molecule has 8 nitrogen and oxygen atoms in total. The molecule has 2 fully saturated rings. The van der Waals surface area contributed by atoms with E-state index in [1.807, 2.05) is 23.1 Å². The van der Waals surface area contributed by atoms with Crippen LogP contribution < -0.4 is 4.90 Å². The van der Waals surface area contributed by atoms with Crippen molar-refractivity contribution in [2.75, 3.05) is 51.0 Å². The third-order valence-electron chi connectivity index (χ3n) is 6.78. The predicted molar refractivity (Wildman–Crippen MR) is 122 cm³/mol. The Morgan fingerprint density at radius 2 is 1.82 bits per heavy atom. The highest BCUT2D eigenvalue weighted by Crippen LogP contribution is 2.48. The predicted octanol–water partition coefficient (Wildman–Crippen LogP) is 2.88. The SMILES string of the molecule is O=C(c1ccc2c(c1)N(c1ncc(-c3c(O)cccc3F)cn1)CC21COC1)N1CCOCC1. The summed E-state index contributed by atoms with van der Waals surface area (Å²) in [5, 5.41) is 10.1. The number of amides is 1. The molecule has 0 radical (unpaired) electrons. The average molecular weight is 462 g/mol. The molecule has 174 valence electrons. The maximum Gasteiger partial charge on any atom is 0.254 e. The van der Waals surface area contributed by atoms with E-state index in [1.54, 1.807) is 4.90 Å². The van der Waals surface area contributed by atoms with Crippen LogP contribution in [0.15, 0.2) is 48.8 Å². The van der Waals surface area contributed by atoms with Gasteiger partial charge in [0.1, 0.15) is 11.6 Å². The van der Waals surface area contributed by atoms with Gasteiger partial charge >= 0.3 is 0 Å². The number of hydrogen-bond donors (Lipinski definition) is 1. The summed E-state index contributed by atoms with van der Waals surface area (Å²) in [6, 6.07) is 9.95. The maximum absolute atomic E-state index is 14.3. The Hall–Kier alpha value is -3.56. The largest absolute Gasteiger partial charge is 0.507 e. The van der Waals surface area contributed by atoms with Crippen molar-refractivity contribution >= 4 is 17.5 Å². The molecule has 0 aliphatic carbocycles. The van der Waals surface area contributed by atoms with E-state index in [0.29, 0.717) is 63.1 Å². The van der Waals surface area contributed by atoms with Gasteiger partial charge in [0, 0.05) is 48.8 Å². The van der Waals surface area contributed by atoms with Gasteiger partial charge in [0.15, 0.2) is 0 Å². The Morgan fingerprint density at radius 1 is 1.06 bits per heavy atom. The van der Waals surface area contributed by atoms with Crippen molar-refractivity contribution < 1.29 is 23.8 Å². The van der Waals surface area contributed by atoms with E-state index in [2.05, 4.69) is 9.97 Å². The molecule has 34 heavy (non-hydrogen) atoms. The third-order valence-corrected chi connectivity index (χ3v) is 6.78. The van der Waals surface area contributed by atoms with Gasteiger partial charge < -0.3 is 24.4 Å². The van der Waals surface area contributed by atoms with E-state index < -0.39 is 5.82 Å². The van der Waals surface area contributed by atoms with Gasteiger partial charge in [-0.3, -0.25) is 4.79 Å². The van der Waals surface area contributed by atoms with E-state index in [9.17, 15) is 14.3 Å². The van der Waals surface area contributed by atoms with Gasteiger partial charge in [-0.05, 0) is 29.8 Å². The Morgan fingerprint density at radius 3 is 2.50 bits per heavy atom. The molecule has 3 aliphatic rings. The normalized spacial score (nSPS) is 18.6. The van der Waals surface area contributed by atoms with Gasteiger partial charge in [-0.25, -0.2) is 14.4 Å². The molecule has 0 unspecified atom stereocenters. The zero-order chi connectivity index (χ0) is 23.3. The highest BCUT2D eigenvalue weighted by atomic mass is 19.1. The van der Waals surface area contributed by atoms with Gasteiger partial charge in [0.2, 0.25) is 5.95 Å². The molecule has 9 heteroatoms. The zero-order valence-corrected chi connectivity index (χ0v) is 18.4. The van der Waals surface area contributed by atoms with E-state index >= 15 is 0 Å². The molecular formula is C25H23FN4O4. The number of hydrogen-bond acceptors (Lipinski definition) is 7. The van der Waals surface area contributed by atoms with Crippen LogP contribution in [0.5, 0.6) is 5.75 Å². The van der Waals surface area contributed by atoms with E-state index in [1.165, 1.54) is 30.6 Å². The molecule has 3 aliphatic heterocycles. The van der Waals surface area contributed by atoms with Gasteiger partial charge in [-0.2, -0.15) is 0 Å². The second-order valence-electron chi connectivity index (χ2n) is 8.90. The smallest absolute Gasteiger partial charge is 0.254 e. The number of rotatable bonds is 3. The Kier molecular flexibility index (Phi) is 4.96. The summed E-state index contributed by atoms with van der Waals surface area (Å²) in [6.07, 6.45) is 3.01. The maximum atomic E-state index is 14.3. The first-order valence-electron chi connectivity index (χ1n) is 11.2. The van der Waals surface area contributed by atoms with E-state index in [-0.39, 0.29) is 22.6 Å². The minimum atomic E-state index is -0.542. The van der Waals surface area contributed by atoms with Crippen molar-refractivity contribution in [2.45, 2.75) is 5.41 Å².